The van der Waals surface area contributed by atoms with Gasteiger partial charge in [-0.05, 0) is 25.5 Å². The van der Waals surface area contributed by atoms with Crippen LogP contribution in [0.25, 0.3) is 0 Å². The summed E-state index contributed by atoms with van der Waals surface area (Å²) in [5.41, 5.74) is 0.905. The summed E-state index contributed by atoms with van der Waals surface area (Å²) in [6.45, 7) is 4.13. The smallest absolute Gasteiger partial charge is 0.342 e. The number of unbranched alkanes of at least 4 members (excludes halogenated alkanes) is 2. The van der Waals surface area contributed by atoms with Crippen LogP contribution >= 0.6 is 0 Å². The van der Waals surface area contributed by atoms with Gasteiger partial charge < -0.3 is 15.2 Å². The first-order chi connectivity index (χ1) is 9.54. The van der Waals surface area contributed by atoms with Gasteiger partial charge in [-0.1, -0.05) is 31.4 Å². The van der Waals surface area contributed by atoms with Crippen LogP contribution in [0.15, 0.2) is 18.2 Å². The van der Waals surface area contributed by atoms with E-state index in [2.05, 4.69) is 12.2 Å². The third-order valence-electron chi connectivity index (χ3n) is 2.81. The minimum absolute atomic E-state index is 0.0729. The standard InChI is InChI=1S/C15H21NO4/c1-3-4-5-8-16-14(18)10-20-15(19)12-9-11(2)6-7-13(12)17/h6-7,9,17H,3-5,8,10H2,1-2H3,(H,16,18). The van der Waals surface area contributed by atoms with Crippen molar-refractivity contribution in [2.24, 2.45) is 0 Å². The molecule has 1 rings (SSSR count). The number of hydrogen-bond acceptors (Lipinski definition) is 4. The predicted octanol–water partition coefficient (Wildman–Crippen LogP) is 2.16. The average Bonchev–Trinajstić information content (AvgIpc) is 2.43. The number of benzene rings is 1. The molecule has 0 aliphatic carbocycles. The van der Waals surface area contributed by atoms with E-state index in [1.165, 1.54) is 12.1 Å². The van der Waals surface area contributed by atoms with E-state index in [1.54, 1.807) is 13.0 Å². The molecule has 1 aromatic rings. The summed E-state index contributed by atoms with van der Waals surface area (Å²) < 4.78 is 4.87. The fourth-order valence-electron chi connectivity index (χ4n) is 1.68. The number of esters is 1. The van der Waals surface area contributed by atoms with Crippen LogP contribution in [0.1, 0.15) is 42.1 Å². The van der Waals surface area contributed by atoms with Crippen molar-refractivity contribution < 1.29 is 19.4 Å². The molecule has 5 nitrogen and oxygen atoms in total. The average molecular weight is 279 g/mol. The van der Waals surface area contributed by atoms with E-state index < -0.39 is 5.97 Å². The van der Waals surface area contributed by atoms with E-state index >= 15 is 0 Å². The van der Waals surface area contributed by atoms with Crippen molar-refractivity contribution in [2.75, 3.05) is 13.2 Å². The van der Waals surface area contributed by atoms with Crippen molar-refractivity contribution in [3.63, 3.8) is 0 Å². The Labute approximate surface area is 118 Å². The Morgan fingerprint density at radius 2 is 2.05 bits per heavy atom. The molecular weight excluding hydrogens is 258 g/mol. The number of rotatable bonds is 7. The Bertz CT molecular complexity index is 471. The van der Waals surface area contributed by atoms with E-state index in [1.807, 2.05) is 0 Å². The molecule has 0 atom stereocenters. The van der Waals surface area contributed by atoms with Crippen molar-refractivity contribution in [1.82, 2.24) is 5.32 Å². The molecule has 0 spiro atoms. The number of aryl methyl sites for hydroxylation is 1. The summed E-state index contributed by atoms with van der Waals surface area (Å²) in [7, 11) is 0. The number of phenols is 1. The predicted molar refractivity (Wildman–Crippen MR) is 75.7 cm³/mol. The monoisotopic (exact) mass is 279 g/mol. The molecule has 0 saturated carbocycles. The highest BCUT2D eigenvalue weighted by Crippen LogP contribution is 2.18. The lowest BCUT2D eigenvalue weighted by Gasteiger charge is -2.08. The topological polar surface area (TPSA) is 75.6 Å². The van der Waals surface area contributed by atoms with E-state index in [-0.39, 0.29) is 23.8 Å². The number of ether oxygens (including phenoxy) is 1. The Kier molecular flexibility index (Phi) is 6.56. The molecule has 2 N–H and O–H groups in total. The number of aromatic hydroxyl groups is 1. The molecule has 1 aromatic carbocycles. The van der Waals surface area contributed by atoms with Crippen molar-refractivity contribution in [3.05, 3.63) is 29.3 Å². The van der Waals surface area contributed by atoms with Crippen LogP contribution in [0, 0.1) is 6.92 Å². The van der Waals surface area contributed by atoms with Gasteiger partial charge in [-0.25, -0.2) is 4.79 Å². The summed E-state index contributed by atoms with van der Waals surface area (Å²) in [5, 5.41) is 12.2. The van der Waals surface area contributed by atoms with Crippen LogP contribution in [0.3, 0.4) is 0 Å². The molecule has 0 fully saturated rings. The normalized spacial score (nSPS) is 10.1. The zero-order valence-corrected chi connectivity index (χ0v) is 11.9. The van der Waals surface area contributed by atoms with E-state index in [9.17, 15) is 14.7 Å². The summed E-state index contributed by atoms with van der Waals surface area (Å²) in [6, 6.07) is 4.64. The van der Waals surface area contributed by atoms with Crippen LogP contribution in [-0.2, 0) is 9.53 Å². The molecule has 0 bridgehead atoms. The number of carbonyl (C=O) groups is 2. The van der Waals surface area contributed by atoms with Gasteiger partial charge in [0.1, 0.15) is 11.3 Å². The Morgan fingerprint density at radius 3 is 2.75 bits per heavy atom. The second kappa shape index (κ2) is 8.19. The lowest BCUT2D eigenvalue weighted by molar-refractivity contribution is -0.124. The fourth-order valence-corrected chi connectivity index (χ4v) is 1.68. The number of amides is 1. The van der Waals surface area contributed by atoms with Gasteiger partial charge in [0.25, 0.3) is 5.91 Å². The van der Waals surface area contributed by atoms with Gasteiger partial charge in [-0.15, -0.1) is 0 Å². The molecule has 20 heavy (non-hydrogen) atoms. The van der Waals surface area contributed by atoms with Gasteiger partial charge in [0.2, 0.25) is 0 Å². The summed E-state index contributed by atoms with van der Waals surface area (Å²) >= 11 is 0. The highest BCUT2D eigenvalue weighted by molar-refractivity contribution is 5.94. The summed E-state index contributed by atoms with van der Waals surface area (Å²) in [5.74, 6) is -1.18. The molecule has 110 valence electrons. The first-order valence-corrected chi connectivity index (χ1v) is 6.78. The SMILES string of the molecule is CCCCCNC(=O)COC(=O)c1cc(C)ccc1O. The minimum Gasteiger partial charge on any atom is -0.507 e. The van der Waals surface area contributed by atoms with Gasteiger partial charge in [-0.2, -0.15) is 0 Å². The molecule has 1 amide bonds. The number of carbonyl (C=O) groups excluding carboxylic acids is 2. The maximum atomic E-state index is 11.7. The molecule has 0 aromatic heterocycles. The van der Waals surface area contributed by atoms with Gasteiger partial charge >= 0.3 is 5.97 Å². The highest BCUT2D eigenvalue weighted by atomic mass is 16.5. The third kappa shape index (κ3) is 5.30. The van der Waals surface area contributed by atoms with Crippen molar-refractivity contribution >= 4 is 11.9 Å². The molecule has 0 aliphatic rings. The Hall–Kier alpha value is -2.04. The van der Waals surface area contributed by atoms with Gasteiger partial charge in [-0.3, -0.25) is 4.79 Å². The lowest BCUT2D eigenvalue weighted by atomic mass is 10.1. The Morgan fingerprint density at radius 1 is 1.30 bits per heavy atom. The van der Waals surface area contributed by atoms with Crippen molar-refractivity contribution in [1.29, 1.82) is 0 Å². The molecule has 0 unspecified atom stereocenters. The second-order valence-electron chi connectivity index (χ2n) is 4.65. The zero-order valence-electron chi connectivity index (χ0n) is 11.9. The molecule has 0 radical (unpaired) electrons. The van der Waals surface area contributed by atoms with Crippen LogP contribution in [0.5, 0.6) is 5.75 Å². The summed E-state index contributed by atoms with van der Waals surface area (Å²) in [6.07, 6.45) is 3.05. The second-order valence-corrected chi connectivity index (χ2v) is 4.65. The van der Waals surface area contributed by atoms with E-state index in [0.717, 1.165) is 24.8 Å². The largest absolute Gasteiger partial charge is 0.507 e. The number of phenolic OH excluding ortho intramolecular Hbond substituents is 1. The summed E-state index contributed by atoms with van der Waals surface area (Å²) in [4.78, 5) is 23.2. The first-order valence-electron chi connectivity index (χ1n) is 6.78. The Balaban J connectivity index is 2.39. The van der Waals surface area contributed by atoms with Gasteiger partial charge in [0, 0.05) is 6.54 Å². The molecule has 5 heteroatoms. The first kappa shape index (κ1) is 16.0. The lowest BCUT2D eigenvalue weighted by Crippen LogP contribution is -2.29. The van der Waals surface area contributed by atoms with Gasteiger partial charge in [0.05, 0.1) is 0 Å². The minimum atomic E-state index is -0.699. The van der Waals surface area contributed by atoms with Crippen LogP contribution in [0.2, 0.25) is 0 Å². The molecule has 0 heterocycles. The molecular formula is C15H21NO4. The van der Waals surface area contributed by atoms with Gasteiger partial charge in [0.15, 0.2) is 6.61 Å². The maximum absolute atomic E-state index is 11.7. The van der Waals surface area contributed by atoms with Crippen LogP contribution < -0.4 is 5.32 Å². The quantitative estimate of drug-likeness (QED) is 0.592. The zero-order chi connectivity index (χ0) is 15.0. The van der Waals surface area contributed by atoms with E-state index in [4.69, 9.17) is 4.74 Å². The number of hydrogen-bond donors (Lipinski definition) is 2. The third-order valence-corrected chi connectivity index (χ3v) is 2.81. The molecule has 0 aliphatic heterocycles. The maximum Gasteiger partial charge on any atom is 0.342 e. The van der Waals surface area contributed by atoms with Crippen LogP contribution in [0.4, 0.5) is 0 Å². The highest BCUT2D eigenvalue weighted by Gasteiger charge is 2.14. The molecule has 0 saturated heterocycles. The fraction of sp³-hybridized carbons (Fsp3) is 0.467. The van der Waals surface area contributed by atoms with Crippen molar-refractivity contribution in [3.8, 4) is 5.75 Å². The van der Waals surface area contributed by atoms with Crippen LogP contribution in [-0.4, -0.2) is 30.1 Å². The van der Waals surface area contributed by atoms with E-state index in [0.29, 0.717) is 6.54 Å². The number of nitrogens with one attached hydrogen (secondary N) is 1. The van der Waals surface area contributed by atoms with Crippen molar-refractivity contribution in [2.45, 2.75) is 33.1 Å².